The van der Waals surface area contributed by atoms with Gasteiger partial charge in [0.2, 0.25) is 0 Å². The second-order valence-corrected chi connectivity index (χ2v) is 6.45. The Morgan fingerprint density at radius 3 is 2.54 bits per heavy atom. The average molecular weight is 353 g/mol. The van der Waals surface area contributed by atoms with E-state index in [4.69, 9.17) is 4.74 Å². The number of rotatable bonds is 8. The molecule has 1 heterocycles. The van der Waals surface area contributed by atoms with Crippen molar-refractivity contribution in [2.75, 3.05) is 7.11 Å². The van der Waals surface area contributed by atoms with Gasteiger partial charge < -0.3 is 10.1 Å². The van der Waals surface area contributed by atoms with E-state index in [1.807, 2.05) is 18.3 Å². The zero-order valence-corrected chi connectivity index (χ0v) is 15.1. The van der Waals surface area contributed by atoms with Crippen molar-refractivity contribution >= 4 is 0 Å². The van der Waals surface area contributed by atoms with E-state index in [2.05, 4.69) is 34.6 Å². The largest absolute Gasteiger partial charge is 0.497 e. The first kappa shape index (κ1) is 18.1. The van der Waals surface area contributed by atoms with E-state index in [1.165, 1.54) is 17.7 Å². The molecule has 3 rings (SSSR count). The van der Waals surface area contributed by atoms with Crippen LogP contribution in [0, 0.1) is 5.82 Å². The quantitative estimate of drug-likeness (QED) is 0.633. The van der Waals surface area contributed by atoms with Gasteiger partial charge in [-0.3, -0.25) is 5.10 Å². The summed E-state index contributed by atoms with van der Waals surface area (Å²) in [7, 11) is 1.68. The number of aryl methyl sites for hydroxylation is 1. The Kier molecular flexibility index (Phi) is 6.02. The molecule has 1 atom stereocenters. The number of hydrogen-bond acceptors (Lipinski definition) is 3. The molecule has 0 fully saturated rings. The maximum atomic E-state index is 13.1. The lowest BCUT2D eigenvalue weighted by molar-refractivity contribution is 0.414. The summed E-state index contributed by atoms with van der Waals surface area (Å²) in [6.07, 6.45) is 3.87. The predicted octanol–water partition coefficient (Wildman–Crippen LogP) is 4.34. The lowest BCUT2D eigenvalue weighted by Crippen LogP contribution is -2.26. The zero-order valence-electron chi connectivity index (χ0n) is 15.1. The Bertz CT molecular complexity index is 812. The number of H-pyrrole nitrogens is 1. The first-order chi connectivity index (χ1) is 12.7. The highest BCUT2D eigenvalue weighted by Gasteiger charge is 2.09. The third-order valence-electron chi connectivity index (χ3n) is 4.52. The Labute approximate surface area is 153 Å². The fourth-order valence-electron chi connectivity index (χ4n) is 2.87. The number of benzene rings is 2. The van der Waals surface area contributed by atoms with Crippen LogP contribution >= 0.6 is 0 Å². The molecule has 0 amide bonds. The highest BCUT2D eigenvalue weighted by atomic mass is 19.1. The van der Waals surface area contributed by atoms with E-state index >= 15 is 0 Å². The molecule has 26 heavy (non-hydrogen) atoms. The van der Waals surface area contributed by atoms with E-state index in [1.54, 1.807) is 19.2 Å². The van der Waals surface area contributed by atoms with Gasteiger partial charge in [-0.1, -0.05) is 12.1 Å². The van der Waals surface area contributed by atoms with E-state index < -0.39 is 0 Å². The number of ether oxygens (including phenoxy) is 1. The molecule has 0 saturated heterocycles. The summed E-state index contributed by atoms with van der Waals surface area (Å²) in [6, 6.07) is 15.0. The van der Waals surface area contributed by atoms with Gasteiger partial charge in [-0.05, 0) is 61.7 Å². The summed E-state index contributed by atoms with van der Waals surface area (Å²) in [5.74, 6) is 0.647. The van der Waals surface area contributed by atoms with Crippen molar-refractivity contribution in [2.24, 2.45) is 0 Å². The molecule has 5 heteroatoms. The molecule has 0 aliphatic rings. The molecule has 0 aliphatic heterocycles. The van der Waals surface area contributed by atoms with Crippen LogP contribution in [0.3, 0.4) is 0 Å². The topological polar surface area (TPSA) is 49.9 Å². The highest BCUT2D eigenvalue weighted by molar-refractivity contribution is 5.62. The van der Waals surface area contributed by atoms with Gasteiger partial charge in [-0.25, -0.2) is 4.39 Å². The molecule has 2 N–H and O–H groups in total. The van der Waals surface area contributed by atoms with Crippen LogP contribution in [-0.2, 0) is 13.0 Å². The van der Waals surface area contributed by atoms with E-state index in [0.29, 0.717) is 12.6 Å². The highest BCUT2D eigenvalue weighted by Crippen LogP contribution is 2.21. The number of nitrogens with one attached hydrogen (secondary N) is 2. The Morgan fingerprint density at radius 2 is 1.85 bits per heavy atom. The molecule has 0 radical (unpaired) electrons. The summed E-state index contributed by atoms with van der Waals surface area (Å²) < 4.78 is 18.3. The van der Waals surface area contributed by atoms with Crippen molar-refractivity contribution in [1.82, 2.24) is 15.5 Å². The minimum Gasteiger partial charge on any atom is -0.497 e. The second-order valence-electron chi connectivity index (χ2n) is 6.45. The molecule has 136 valence electrons. The van der Waals surface area contributed by atoms with Gasteiger partial charge in [0.25, 0.3) is 0 Å². The van der Waals surface area contributed by atoms with Crippen molar-refractivity contribution in [3.63, 3.8) is 0 Å². The SMILES string of the molecule is COc1ccc(CC[C@H](C)NCc2cn[nH]c2-c2ccc(F)cc2)cc1. The molecular formula is C21H24FN3O. The molecule has 2 aromatic carbocycles. The van der Waals surface area contributed by atoms with Gasteiger partial charge in [0.05, 0.1) is 19.0 Å². The molecule has 0 bridgehead atoms. The number of aromatic nitrogens is 2. The Morgan fingerprint density at radius 1 is 1.12 bits per heavy atom. The standard InChI is InChI=1S/C21H24FN3O/c1-15(3-4-16-5-11-20(26-2)12-6-16)23-13-18-14-24-25-21(18)17-7-9-19(22)10-8-17/h5-12,14-15,23H,3-4,13H2,1-2H3,(H,24,25)/t15-/m0/s1. The van der Waals surface area contributed by atoms with E-state index in [-0.39, 0.29) is 5.82 Å². The number of aromatic amines is 1. The number of nitrogens with zero attached hydrogens (tertiary/aromatic N) is 1. The zero-order chi connectivity index (χ0) is 18.4. The summed E-state index contributed by atoms with van der Waals surface area (Å²) in [5, 5.41) is 10.7. The third kappa shape index (κ3) is 4.70. The first-order valence-corrected chi connectivity index (χ1v) is 8.80. The van der Waals surface area contributed by atoms with E-state index in [0.717, 1.165) is 35.4 Å². The summed E-state index contributed by atoms with van der Waals surface area (Å²) in [4.78, 5) is 0. The number of hydrogen-bond donors (Lipinski definition) is 2. The summed E-state index contributed by atoms with van der Waals surface area (Å²) >= 11 is 0. The van der Waals surface area contributed by atoms with Gasteiger partial charge in [-0.15, -0.1) is 0 Å². The first-order valence-electron chi connectivity index (χ1n) is 8.80. The Balaban J connectivity index is 1.52. The molecule has 0 saturated carbocycles. The van der Waals surface area contributed by atoms with Crippen LogP contribution in [0.15, 0.2) is 54.7 Å². The van der Waals surface area contributed by atoms with Crippen molar-refractivity contribution in [3.05, 3.63) is 71.7 Å². The number of methoxy groups -OCH3 is 1. The minimum absolute atomic E-state index is 0.236. The van der Waals surface area contributed by atoms with Gasteiger partial charge in [-0.2, -0.15) is 5.10 Å². The van der Waals surface area contributed by atoms with Crippen LogP contribution in [0.25, 0.3) is 11.3 Å². The van der Waals surface area contributed by atoms with Crippen LogP contribution in [0.2, 0.25) is 0 Å². The maximum Gasteiger partial charge on any atom is 0.123 e. The normalized spacial score (nSPS) is 12.1. The monoisotopic (exact) mass is 353 g/mol. The second kappa shape index (κ2) is 8.63. The fourth-order valence-corrected chi connectivity index (χ4v) is 2.87. The maximum absolute atomic E-state index is 13.1. The molecule has 3 aromatic rings. The summed E-state index contributed by atoms with van der Waals surface area (Å²) in [6.45, 7) is 2.90. The smallest absolute Gasteiger partial charge is 0.123 e. The average Bonchev–Trinajstić information content (AvgIpc) is 3.14. The lowest BCUT2D eigenvalue weighted by atomic mass is 10.0. The van der Waals surface area contributed by atoms with Crippen LogP contribution in [0.5, 0.6) is 5.75 Å². The van der Waals surface area contributed by atoms with Gasteiger partial charge in [0.1, 0.15) is 11.6 Å². The lowest BCUT2D eigenvalue weighted by Gasteiger charge is -2.14. The van der Waals surface area contributed by atoms with Crippen LogP contribution in [0.1, 0.15) is 24.5 Å². The Hall–Kier alpha value is -2.66. The predicted molar refractivity (Wildman–Crippen MR) is 102 cm³/mol. The van der Waals surface area contributed by atoms with Crippen LogP contribution in [0.4, 0.5) is 4.39 Å². The van der Waals surface area contributed by atoms with Crippen molar-refractivity contribution in [3.8, 4) is 17.0 Å². The molecule has 4 nitrogen and oxygen atoms in total. The van der Waals surface area contributed by atoms with Crippen LogP contribution < -0.4 is 10.1 Å². The fraction of sp³-hybridized carbons (Fsp3) is 0.286. The van der Waals surface area contributed by atoms with Gasteiger partial charge in [0, 0.05) is 23.7 Å². The van der Waals surface area contributed by atoms with Crippen molar-refractivity contribution < 1.29 is 9.13 Å². The van der Waals surface area contributed by atoms with E-state index in [9.17, 15) is 4.39 Å². The number of halogens is 1. The molecule has 0 spiro atoms. The minimum atomic E-state index is -0.236. The molecular weight excluding hydrogens is 329 g/mol. The third-order valence-corrected chi connectivity index (χ3v) is 4.52. The molecule has 1 aromatic heterocycles. The van der Waals surface area contributed by atoms with Crippen molar-refractivity contribution in [2.45, 2.75) is 32.4 Å². The van der Waals surface area contributed by atoms with Gasteiger partial charge in [0.15, 0.2) is 0 Å². The molecule has 0 unspecified atom stereocenters. The summed E-state index contributed by atoms with van der Waals surface area (Å²) in [5.41, 5.74) is 4.24. The van der Waals surface area contributed by atoms with Crippen molar-refractivity contribution in [1.29, 1.82) is 0 Å². The molecule has 0 aliphatic carbocycles. The van der Waals surface area contributed by atoms with Gasteiger partial charge >= 0.3 is 0 Å². The van der Waals surface area contributed by atoms with Crippen LogP contribution in [-0.4, -0.2) is 23.3 Å².